The van der Waals surface area contributed by atoms with Gasteiger partial charge in [0.1, 0.15) is 12.7 Å². The number of rotatable bonds is 4. The summed E-state index contributed by atoms with van der Waals surface area (Å²) in [6, 6.07) is 0. The Hall–Kier alpha value is -2.84. The number of hydrogen-bond acceptors (Lipinski definition) is 7. The Morgan fingerprint density at radius 1 is 1.25 bits per heavy atom. The van der Waals surface area contributed by atoms with Crippen molar-refractivity contribution in [3.8, 4) is 17.6 Å². The van der Waals surface area contributed by atoms with E-state index in [1.165, 1.54) is 17.3 Å². The average molecular weight is 271 g/mol. The van der Waals surface area contributed by atoms with Crippen LogP contribution in [-0.2, 0) is 6.54 Å². The van der Waals surface area contributed by atoms with Crippen molar-refractivity contribution >= 4 is 5.95 Å². The monoisotopic (exact) mass is 271 g/mol. The molecule has 0 atom stereocenters. The van der Waals surface area contributed by atoms with Gasteiger partial charge in [0.25, 0.3) is 5.95 Å². The summed E-state index contributed by atoms with van der Waals surface area (Å²) in [7, 11) is 1.75. The third kappa shape index (κ3) is 2.09. The number of aryl methyl sites for hydroxylation is 1. The maximum Gasteiger partial charge on any atom is 0.257 e. The molecule has 0 radical (unpaired) electrons. The quantitative estimate of drug-likeness (QED) is 0.732. The molecule has 9 nitrogen and oxygen atoms in total. The minimum Gasteiger partial charge on any atom is -0.357 e. The number of aromatic nitrogens is 8. The maximum atomic E-state index is 4.39. The normalized spacial score (nSPS) is 10.7. The molecular formula is C11H13N9. The van der Waals surface area contributed by atoms with Crippen molar-refractivity contribution in [1.82, 2.24) is 39.3 Å². The van der Waals surface area contributed by atoms with Crippen LogP contribution in [0.1, 0.15) is 6.92 Å². The molecule has 0 amide bonds. The molecule has 0 bridgehead atoms. The molecule has 3 aromatic rings. The van der Waals surface area contributed by atoms with Crippen LogP contribution in [0.15, 0.2) is 25.0 Å². The standard InChI is InChI=1S/C11H13N9/c1-3-19-5-4-14-9(19)8-16-10(12-2)18-11(17-8)20-7-13-6-15-20/h4-7H,3H2,1-2H3,(H,12,16,17,18). The molecule has 20 heavy (non-hydrogen) atoms. The molecule has 0 aromatic carbocycles. The van der Waals surface area contributed by atoms with Gasteiger partial charge in [0.2, 0.25) is 11.8 Å². The van der Waals surface area contributed by atoms with Crippen LogP contribution in [0.4, 0.5) is 5.95 Å². The van der Waals surface area contributed by atoms with Crippen LogP contribution in [0.2, 0.25) is 0 Å². The van der Waals surface area contributed by atoms with Gasteiger partial charge in [0.05, 0.1) is 0 Å². The van der Waals surface area contributed by atoms with E-state index in [0.717, 1.165) is 6.54 Å². The first-order valence-corrected chi connectivity index (χ1v) is 6.12. The lowest BCUT2D eigenvalue weighted by Crippen LogP contribution is -2.10. The smallest absolute Gasteiger partial charge is 0.257 e. The third-order valence-corrected chi connectivity index (χ3v) is 2.73. The van der Waals surface area contributed by atoms with Crippen LogP contribution in [0, 0.1) is 0 Å². The first-order valence-electron chi connectivity index (χ1n) is 6.12. The number of imidazole rings is 1. The average Bonchev–Trinajstić information content (AvgIpc) is 3.17. The van der Waals surface area contributed by atoms with Crippen LogP contribution in [0.25, 0.3) is 17.6 Å². The number of anilines is 1. The van der Waals surface area contributed by atoms with E-state index in [-0.39, 0.29) is 0 Å². The highest BCUT2D eigenvalue weighted by atomic mass is 15.4. The summed E-state index contributed by atoms with van der Waals surface area (Å²) in [5.41, 5.74) is 0. The molecule has 0 aliphatic carbocycles. The van der Waals surface area contributed by atoms with Gasteiger partial charge in [-0.25, -0.2) is 9.97 Å². The topological polar surface area (TPSA) is 99.2 Å². The van der Waals surface area contributed by atoms with Gasteiger partial charge >= 0.3 is 0 Å². The van der Waals surface area contributed by atoms with Gasteiger partial charge in [0.15, 0.2) is 5.82 Å². The van der Waals surface area contributed by atoms with Gasteiger partial charge < -0.3 is 9.88 Å². The van der Waals surface area contributed by atoms with E-state index < -0.39 is 0 Å². The highest BCUT2D eigenvalue weighted by Crippen LogP contribution is 2.15. The Balaban J connectivity index is 2.14. The lowest BCUT2D eigenvalue weighted by atomic mass is 10.5. The van der Waals surface area contributed by atoms with Crippen LogP contribution < -0.4 is 5.32 Å². The number of nitrogens with zero attached hydrogens (tertiary/aromatic N) is 8. The van der Waals surface area contributed by atoms with Crippen LogP contribution in [-0.4, -0.2) is 46.3 Å². The molecule has 0 spiro atoms. The predicted octanol–water partition coefficient (Wildman–Crippen LogP) is 0.377. The highest BCUT2D eigenvalue weighted by molar-refractivity contribution is 5.48. The molecule has 0 unspecified atom stereocenters. The SMILES string of the molecule is CCn1ccnc1-c1nc(NC)nc(-n2cncn2)n1. The molecule has 0 saturated heterocycles. The van der Waals surface area contributed by atoms with Crippen molar-refractivity contribution in [2.45, 2.75) is 13.5 Å². The Morgan fingerprint density at radius 3 is 2.85 bits per heavy atom. The molecule has 102 valence electrons. The lowest BCUT2D eigenvalue weighted by molar-refractivity contribution is 0.754. The lowest BCUT2D eigenvalue weighted by Gasteiger charge is -2.07. The minimum absolute atomic E-state index is 0.391. The molecule has 9 heteroatoms. The van der Waals surface area contributed by atoms with Crippen LogP contribution in [0.3, 0.4) is 0 Å². The summed E-state index contributed by atoms with van der Waals surface area (Å²) in [6.45, 7) is 2.82. The van der Waals surface area contributed by atoms with Crippen molar-refractivity contribution in [2.24, 2.45) is 0 Å². The summed E-state index contributed by atoms with van der Waals surface area (Å²) in [4.78, 5) is 21.2. The Bertz CT molecular complexity index is 701. The third-order valence-electron chi connectivity index (χ3n) is 2.73. The van der Waals surface area contributed by atoms with E-state index in [1.54, 1.807) is 13.2 Å². The van der Waals surface area contributed by atoms with E-state index in [1.807, 2.05) is 17.7 Å². The molecule has 0 fully saturated rings. The van der Waals surface area contributed by atoms with Gasteiger partial charge in [-0.15, -0.1) is 0 Å². The molecule has 3 rings (SSSR count). The molecular weight excluding hydrogens is 258 g/mol. The second kappa shape index (κ2) is 5.03. The summed E-state index contributed by atoms with van der Waals surface area (Å²) >= 11 is 0. The molecule has 0 aliphatic heterocycles. The van der Waals surface area contributed by atoms with E-state index in [9.17, 15) is 0 Å². The zero-order valence-electron chi connectivity index (χ0n) is 11.1. The number of hydrogen-bond donors (Lipinski definition) is 1. The fourth-order valence-corrected chi connectivity index (χ4v) is 1.76. The highest BCUT2D eigenvalue weighted by Gasteiger charge is 2.13. The van der Waals surface area contributed by atoms with E-state index in [4.69, 9.17) is 0 Å². The van der Waals surface area contributed by atoms with E-state index in [2.05, 4.69) is 35.3 Å². The largest absolute Gasteiger partial charge is 0.357 e. The van der Waals surface area contributed by atoms with Crippen molar-refractivity contribution in [3.63, 3.8) is 0 Å². The van der Waals surface area contributed by atoms with Gasteiger partial charge in [-0.1, -0.05) is 0 Å². The van der Waals surface area contributed by atoms with E-state index >= 15 is 0 Å². The molecule has 3 heterocycles. The predicted molar refractivity (Wildman–Crippen MR) is 71.2 cm³/mol. The van der Waals surface area contributed by atoms with Crippen molar-refractivity contribution < 1.29 is 0 Å². The van der Waals surface area contributed by atoms with Crippen molar-refractivity contribution in [1.29, 1.82) is 0 Å². The summed E-state index contributed by atoms with van der Waals surface area (Å²) in [5, 5.41) is 6.93. The fraction of sp³-hybridized carbons (Fsp3) is 0.273. The number of nitrogens with one attached hydrogen (secondary N) is 1. The summed E-state index contributed by atoms with van der Waals surface area (Å²) < 4.78 is 3.44. The molecule has 1 N–H and O–H groups in total. The first-order chi connectivity index (χ1) is 9.81. The van der Waals surface area contributed by atoms with Crippen molar-refractivity contribution in [2.75, 3.05) is 12.4 Å². The summed E-state index contributed by atoms with van der Waals surface area (Å²) in [5.74, 6) is 2.02. The van der Waals surface area contributed by atoms with Crippen LogP contribution >= 0.6 is 0 Å². The zero-order valence-corrected chi connectivity index (χ0v) is 11.1. The maximum absolute atomic E-state index is 4.39. The van der Waals surface area contributed by atoms with Gasteiger partial charge in [-0.05, 0) is 6.92 Å². The van der Waals surface area contributed by atoms with Crippen LogP contribution in [0.5, 0.6) is 0 Å². The second-order valence-corrected chi connectivity index (χ2v) is 3.91. The fourth-order valence-electron chi connectivity index (χ4n) is 1.76. The Labute approximate surface area is 114 Å². The Morgan fingerprint density at radius 2 is 2.15 bits per heavy atom. The minimum atomic E-state index is 0.391. The Kier molecular flexibility index (Phi) is 3.07. The molecule has 3 aromatic heterocycles. The van der Waals surface area contributed by atoms with Crippen molar-refractivity contribution in [3.05, 3.63) is 25.0 Å². The first kappa shape index (κ1) is 12.2. The van der Waals surface area contributed by atoms with Gasteiger partial charge in [-0.2, -0.15) is 24.7 Å². The van der Waals surface area contributed by atoms with Gasteiger partial charge in [-0.3, -0.25) is 0 Å². The second-order valence-electron chi connectivity index (χ2n) is 3.91. The van der Waals surface area contributed by atoms with Gasteiger partial charge in [0, 0.05) is 26.0 Å². The molecule has 0 saturated carbocycles. The molecule has 0 aliphatic rings. The summed E-state index contributed by atoms with van der Waals surface area (Å²) in [6.07, 6.45) is 6.56. The van der Waals surface area contributed by atoms with E-state index in [0.29, 0.717) is 23.5 Å². The zero-order chi connectivity index (χ0) is 13.9.